The normalized spacial score (nSPS) is 10.1. The Morgan fingerprint density at radius 2 is 2.07 bits per heavy atom. The molecule has 0 bridgehead atoms. The third-order valence-corrected chi connectivity index (χ3v) is 2.00. The van der Waals surface area contributed by atoms with Crippen molar-refractivity contribution in [2.24, 2.45) is 0 Å². The molecule has 4 heteroatoms. The second-order valence-electron chi connectivity index (χ2n) is 3.02. The number of pyridine rings is 1. The molecule has 0 atom stereocenters. The van der Waals surface area contributed by atoms with Crippen LogP contribution in [-0.4, -0.2) is 15.0 Å². The summed E-state index contributed by atoms with van der Waals surface area (Å²) in [6.45, 7) is 1.95. The summed E-state index contributed by atoms with van der Waals surface area (Å²) in [5.41, 5.74) is 9.20. The van der Waals surface area contributed by atoms with Gasteiger partial charge in [-0.1, -0.05) is 0 Å². The van der Waals surface area contributed by atoms with Crippen molar-refractivity contribution in [1.29, 1.82) is 0 Å². The van der Waals surface area contributed by atoms with Gasteiger partial charge < -0.3 is 5.73 Å². The van der Waals surface area contributed by atoms with E-state index in [4.69, 9.17) is 5.73 Å². The lowest BCUT2D eigenvalue weighted by atomic mass is 10.1. The first-order chi connectivity index (χ1) is 6.79. The Hall–Kier alpha value is -1.97. The van der Waals surface area contributed by atoms with Crippen molar-refractivity contribution in [3.05, 3.63) is 36.5 Å². The predicted molar refractivity (Wildman–Crippen MR) is 54.4 cm³/mol. The maximum atomic E-state index is 5.80. The quantitative estimate of drug-likeness (QED) is 0.731. The molecule has 2 aromatic rings. The summed E-state index contributed by atoms with van der Waals surface area (Å²) in [5, 5.41) is 0. The minimum Gasteiger partial charge on any atom is -0.397 e. The van der Waals surface area contributed by atoms with Crippen LogP contribution in [0.5, 0.6) is 0 Å². The number of anilines is 1. The minimum atomic E-state index is 0.634. The smallest absolute Gasteiger partial charge is 0.116 e. The van der Waals surface area contributed by atoms with Crippen molar-refractivity contribution in [1.82, 2.24) is 15.0 Å². The molecule has 2 N–H and O–H groups in total. The number of hydrogen-bond donors (Lipinski definition) is 1. The first-order valence-electron chi connectivity index (χ1n) is 4.25. The first-order valence-corrected chi connectivity index (χ1v) is 4.25. The lowest BCUT2D eigenvalue weighted by molar-refractivity contribution is 1.13. The zero-order valence-corrected chi connectivity index (χ0v) is 7.81. The lowest BCUT2D eigenvalue weighted by Gasteiger charge is -2.05. The van der Waals surface area contributed by atoms with Gasteiger partial charge in [0.05, 0.1) is 17.6 Å². The van der Waals surface area contributed by atoms with Gasteiger partial charge in [0.25, 0.3) is 0 Å². The number of rotatable bonds is 1. The van der Waals surface area contributed by atoms with Gasteiger partial charge in [-0.05, 0) is 18.6 Å². The zero-order valence-electron chi connectivity index (χ0n) is 7.81. The van der Waals surface area contributed by atoms with Gasteiger partial charge in [0.2, 0.25) is 0 Å². The Morgan fingerprint density at radius 1 is 1.21 bits per heavy atom. The third-order valence-electron chi connectivity index (χ3n) is 2.00. The molecule has 2 aromatic heterocycles. The van der Waals surface area contributed by atoms with Gasteiger partial charge in [0, 0.05) is 18.0 Å². The van der Waals surface area contributed by atoms with Crippen LogP contribution in [0.1, 0.15) is 5.56 Å². The molecule has 0 aliphatic heterocycles. The highest BCUT2D eigenvalue weighted by atomic mass is 14.8. The summed E-state index contributed by atoms with van der Waals surface area (Å²) < 4.78 is 0. The SMILES string of the molecule is Cc1cncnc1-c1ccncc1N. The zero-order chi connectivity index (χ0) is 9.97. The van der Waals surface area contributed by atoms with E-state index in [0.29, 0.717) is 5.69 Å². The molecule has 0 amide bonds. The highest BCUT2D eigenvalue weighted by Crippen LogP contribution is 2.24. The van der Waals surface area contributed by atoms with Crippen LogP contribution in [-0.2, 0) is 0 Å². The van der Waals surface area contributed by atoms with Crippen molar-refractivity contribution >= 4 is 5.69 Å². The van der Waals surface area contributed by atoms with Crippen molar-refractivity contribution in [2.45, 2.75) is 6.92 Å². The van der Waals surface area contributed by atoms with E-state index in [1.807, 2.05) is 13.0 Å². The number of aryl methyl sites for hydroxylation is 1. The summed E-state index contributed by atoms with van der Waals surface area (Å²) in [6, 6.07) is 1.85. The first kappa shape index (κ1) is 8.62. The van der Waals surface area contributed by atoms with E-state index in [9.17, 15) is 0 Å². The van der Waals surface area contributed by atoms with Crippen LogP contribution >= 0.6 is 0 Å². The second-order valence-corrected chi connectivity index (χ2v) is 3.02. The molecule has 0 aliphatic rings. The topological polar surface area (TPSA) is 64.7 Å². The Balaban J connectivity index is 2.61. The number of nitrogens with two attached hydrogens (primary N) is 1. The Kier molecular flexibility index (Phi) is 2.10. The molecule has 2 heterocycles. The molecule has 0 fully saturated rings. The van der Waals surface area contributed by atoms with Crippen LogP contribution in [0, 0.1) is 6.92 Å². The molecule has 0 unspecified atom stereocenters. The number of hydrogen-bond acceptors (Lipinski definition) is 4. The highest BCUT2D eigenvalue weighted by Gasteiger charge is 2.05. The van der Waals surface area contributed by atoms with Gasteiger partial charge >= 0.3 is 0 Å². The van der Waals surface area contributed by atoms with Crippen LogP contribution < -0.4 is 5.73 Å². The molecule has 0 radical (unpaired) electrons. The van der Waals surface area contributed by atoms with E-state index in [1.54, 1.807) is 18.6 Å². The number of aromatic nitrogens is 3. The fraction of sp³-hybridized carbons (Fsp3) is 0.100. The fourth-order valence-electron chi connectivity index (χ4n) is 1.30. The summed E-state index contributed by atoms with van der Waals surface area (Å²) in [5.74, 6) is 0. The average molecular weight is 186 g/mol. The Bertz CT molecular complexity index is 410. The molecule has 0 saturated carbocycles. The van der Waals surface area contributed by atoms with Crippen molar-refractivity contribution in [2.75, 3.05) is 5.73 Å². The molecule has 0 saturated heterocycles. The average Bonchev–Trinajstić information content (AvgIpc) is 2.20. The van der Waals surface area contributed by atoms with E-state index in [1.165, 1.54) is 6.33 Å². The molecule has 70 valence electrons. The monoisotopic (exact) mass is 186 g/mol. The van der Waals surface area contributed by atoms with E-state index in [0.717, 1.165) is 16.8 Å². The van der Waals surface area contributed by atoms with Gasteiger partial charge in [-0.15, -0.1) is 0 Å². The van der Waals surface area contributed by atoms with Crippen molar-refractivity contribution in [3.8, 4) is 11.3 Å². The molecule has 2 rings (SSSR count). The van der Waals surface area contributed by atoms with E-state index < -0.39 is 0 Å². The van der Waals surface area contributed by atoms with E-state index in [-0.39, 0.29) is 0 Å². The van der Waals surface area contributed by atoms with Crippen LogP contribution in [0.4, 0.5) is 5.69 Å². The summed E-state index contributed by atoms with van der Waals surface area (Å²) >= 11 is 0. The Morgan fingerprint density at radius 3 is 2.79 bits per heavy atom. The van der Waals surface area contributed by atoms with Crippen molar-refractivity contribution in [3.63, 3.8) is 0 Å². The molecule has 0 spiro atoms. The largest absolute Gasteiger partial charge is 0.397 e. The number of nitrogen functional groups attached to an aromatic ring is 1. The Labute approximate surface area is 81.9 Å². The summed E-state index contributed by atoms with van der Waals surface area (Å²) in [7, 11) is 0. The molecule has 0 aliphatic carbocycles. The van der Waals surface area contributed by atoms with E-state index in [2.05, 4.69) is 15.0 Å². The van der Waals surface area contributed by atoms with Gasteiger partial charge in [-0.25, -0.2) is 9.97 Å². The summed E-state index contributed by atoms with van der Waals surface area (Å²) in [4.78, 5) is 12.1. The van der Waals surface area contributed by atoms with Gasteiger partial charge in [-0.2, -0.15) is 0 Å². The predicted octanol–water partition coefficient (Wildman–Crippen LogP) is 1.43. The number of nitrogens with zero attached hydrogens (tertiary/aromatic N) is 3. The lowest BCUT2D eigenvalue weighted by Crippen LogP contribution is -1.95. The van der Waals surface area contributed by atoms with Crippen LogP contribution in [0.15, 0.2) is 31.0 Å². The van der Waals surface area contributed by atoms with E-state index >= 15 is 0 Å². The van der Waals surface area contributed by atoms with Crippen LogP contribution in [0.3, 0.4) is 0 Å². The van der Waals surface area contributed by atoms with Crippen LogP contribution in [0.25, 0.3) is 11.3 Å². The maximum absolute atomic E-state index is 5.80. The third kappa shape index (κ3) is 1.42. The highest BCUT2D eigenvalue weighted by molar-refractivity contribution is 5.74. The second kappa shape index (κ2) is 3.41. The van der Waals surface area contributed by atoms with Gasteiger partial charge in [0.15, 0.2) is 0 Å². The molecule has 4 nitrogen and oxygen atoms in total. The standard InChI is InChI=1S/C10H10N4/c1-7-4-13-6-14-10(7)8-2-3-12-5-9(8)11/h2-6H,11H2,1H3. The molecule has 0 aromatic carbocycles. The van der Waals surface area contributed by atoms with Gasteiger partial charge in [-0.3, -0.25) is 4.98 Å². The minimum absolute atomic E-state index is 0.634. The molecular weight excluding hydrogens is 176 g/mol. The molecular formula is C10H10N4. The van der Waals surface area contributed by atoms with Crippen molar-refractivity contribution < 1.29 is 0 Å². The fourth-order valence-corrected chi connectivity index (χ4v) is 1.30. The maximum Gasteiger partial charge on any atom is 0.116 e. The molecule has 14 heavy (non-hydrogen) atoms. The van der Waals surface area contributed by atoms with Gasteiger partial charge in [0.1, 0.15) is 6.33 Å². The van der Waals surface area contributed by atoms with Crippen LogP contribution in [0.2, 0.25) is 0 Å². The summed E-state index contributed by atoms with van der Waals surface area (Å²) in [6.07, 6.45) is 6.61.